The average molecular weight is 338 g/mol. The van der Waals surface area contributed by atoms with Crippen molar-refractivity contribution in [2.45, 2.75) is 38.6 Å². The monoisotopic (exact) mass is 338 g/mol. The molecule has 0 bridgehead atoms. The minimum absolute atomic E-state index is 0.0740. The Labute approximate surface area is 138 Å². The van der Waals surface area contributed by atoms with E-state index >= 15 is 0 Å². The second kappa shape index (κ2) is 6.03. The van der Waals surface area contributed by atoms with Gasteiger partial charge in [0, 0.05) is 42.1 Å². The van der Waals surface area contributed by atoms with Crippen molar-refractivity contribution in [3.05, 3.63) is 35.7 Å². The van der Waals surface area contributed by atoms with Gasteiger partial charge in [-0.05, 0) is 18.6 Å². The zero-order chi connectivity index (χ0) is 16.6. The lowest BCUT2D eigenvalue weighted by Crippen LogP contribution is -2.26. The van der Waals surface area contributed by atoms with Gasteiger partial charge in [0.1, 0.15) is 17.5 Å². The van der Waals surface area contributed by atoms with Gasteiger partial charge in [0.2, 0.25) is 5.13 Å². The maximum Gasteiger partial charge on any atom is 0.202 e. The molecule has 0 radical (unpaired) electrons. The van der Waals surface area contributed by atoms with Crippen LogP contribution in [0.4, 0.5) is 19.6 Å². The average Bonchev–Trinajstić information content (AvgIpc) is 3.08. The SMILES string of the molecule is CC(C)(C)c1nsc(NC2CCN(c3ccc(F)cc3F)C2)n1. The maximum absolute atomic E-state index is 13.9. The van der Waals surface area contributed by atoms with E-state index in [4.69, 9.17) is 0 Å². The number of hydrogen-bond acceptors (Lipinski definition) is 5. The highest BCUT2D eigenvalue weighted by atomic mass is 32.1. The number of hydrogen-bond donors (Lipinski definition) is 1. The summed E-state index contributed by atoms with van der Waals surface area (Å²) in [6, 6.07) is 3.89. The summed E-state index contributed by atoms with van der Waals surface area (Å²) >= 11 is 1.35. The maximum atomic E-state index is 13.9. The second-order valence-electron chi connectivity index (χ2n) is 6.84. The topological polar surface area (TPSA) is 41.1 Å². The minimum Gasteiger partial charge on any atom is -0.367 e. The van der Waals surface area contributed by atoms with Gasteiger partial charge in [0.25, 0.3) is 0 Å². The van der Waals surface area contributed by atoms with E-state index in [1.54, 1.807) is 0 Å². The number of benzene rings is 1. The standard InChI is InChI=1S/C16H20F2N4S/c1-16(2,3)14-20-15(23-21-14)19-11-6-7-22(9-11)13-5-4-10(17)8-12(13)18/h4-5,8,11H,6-7,9H2,1-3H3,(H,19,20,21). The van der Waals surface area contributed by atoms with Crippen molar-refractivity contribution in [3.8, 4) is 0 Å². The van der Waals surface area contributed by atoms with E-state index in [0.717, 1.165) is 30.0 Å². The highest BCUT2D eigenvalue weighted by Gasteiger charge is 2.26. The molecule has 124 valence electrons. The number of nitrogens with one attached hydrogen (secondary N) is 1. The van der Waals surface area contributed by atoms with Crippen molar-refractivity contribution >= 4 is 22.4 Å². The minimum atomic E-state index is -0.552. The van der Waals surface area contributed by atoms with Crippen LogP contribution in [0.25, 0.3) is 0 Å². The third-order valence-corrected chi connectivity index (χ3v) is 4.51. The van der Waals surface area contributed by atoms with Gasteiger partial charge < -0.3 is 10.2 Å². The molecule has 1 fully saturated rings. The predicted molar refractivity (Wildman–Crippen MR) is 89.2 cm³/mol. The van der Waals surface area contributed by atoms with Gasteiger partial charge in [-0.25, -0.2) is 13.8 Å². The molecule has 3 rings (SSSR count). The van der Waals surface area contributed by atoms with Crippen LogP contribution in [0.1, 0.15) is 33.0 Å². The fourth-order valence-corrected chi connectivity index (χ4v) is 3.43. The summed E-state index contributed by atoms with van der Waals surface area (Å²) in [6.45, 7) is 7.62. The molecule has 1 aliphatic heterocycles. The highest BCUT2D eigenvalue weighted by Crippen LogP contribution is 2.27. The molecule has 1 unspecified atom stereocenters. The molecule has 1 aromatic carbocycles. The van der Waals surface area contributed by atoms with Crippen LogP contribution < -0.4 is 10.2 Å². The summed E-state index contributed by atoms with van der Waals surface area (Å²) in [5.41, 5.74) is 0.374. The van der Waals surface area contributed by atoms with Crippen LogP contribution in [0.2, 0.25) is 0 Å². The molecule has 2 heterocycles. The van der Waals surface area contributed by atoms with Crippen LogP contribution in [-0.2, 0) is 5.41 Å². The molecule has 1 N–H and O–H groups in total. The Balaban J connectivity index is 1.65. The summed E-state index contributed by atoms with van der Waals surface area (Å²) < 4.78 is 31.3. The number of halogens is 2. The third kappa shape index (κ3) is 3.60. The molecule has 0 amide bonds. The first-order chi connectivity index (χ1) is 10.8. The summed E-state index contributed by atoms with van der Waals surface area (Å²) in [5, 5.41) is 4.16. The van der Waals surface area contributed by atoms with Crippen molar-refractivity contribution in [2.24, 2.45) is 0 Å². The Morgan fingerprint density at radius 1 is 1.30 bits per heavy atom. The van der Waals surface area contributed by atoms with E-state index in [9.17, 15) is 8.78 Å². The third-order valence-electron chi connectivity index (χ3n) is 3.86. The first-order valence-electron chi connectivity index (χ1n) is 7.63. The molecular formula is C16H20F2N4S. The van der Waals surface area contributed by atoms with Crippen LogP contribution in [0.3, 0.4) is 0 Å². The van der Waals surface area contributed by atoms with E-state index < -0.39 is 11.6 Å². The number of anilines is 2. The molecule has 0 aliphatic carbocycles. The normalized spacial score (nSPS) is 18.5. The summed E-state index contributed by atoms with van der Waals surface area (Å²) in [7, 11) is 0. The lowest BCUT2D eigenvalue weighted by Gasteiger charge is -2.19. The van der Waals surface area contributed by atoms with Crippen LogP contribution in [0, 0.1) is 11.6 Å². The van der Waals surface area contributed by atoms with E-state index in [0.29, 0.717) is 12.2 Å². The molecule has 4 nitrogen and oxygen atoms in total. The quantitative estimate of drug-likeness (QED) is 0.924. The summed E-state index contributed by atoms with van der Waals surface area (Å²) in [4.78, 5) is 6.45. The van der Waals surface area contributed by atoms with Crippen LogP contribution >= 0.6 is 11.5 Å². The van der Waals surface area contributed by atoms with Gasteiger partial charge in [-0.1, -0.05) is 20.8 Å². The molecule has 2 aromatic rings. The second-order valence-corrected chi connectivity index (χ2v) is 7.60. The smallest absolute Gasteiger partial charge is 0.202 e. The summed E-state index contributed by atoms with van der Waals surface area (Å²) in [6.07, 6.45) is 0.876. The molecule has 7 heteroatoms. The van der Waals surface area contributed by atoms with Gasteiger partial charge in [-0.15, -0.1) is 0 Å². The van der Waals surface area contributed by atoms with Gasteiger partial charge >= 0.3 is 0 Å². The van der Waals surface area contributed by atoms with E-state index in [-0.39, 0.29) is 11.5 Å². The lowest BCUT2D eigenvalue weighted by atomic mass is 9.96. The molecule has 23 heavy (non-hydrogen) atoms. The van der Waals surface area contributed by atoms with Gasteiger partial charge in [0.05, 0.1) is 5.69 Å². The molecule has 0 saturated carbocycles. The Morgan fingerprint density at radius 2 is 2.09 bits per heavy atom. The first kappa shape index (κ1) is 16.1. The van der Waals surface area contributed by atoms with Crippen molar-refractivity contribution in [2.75, 3.05) is 23.3 Å². The Bertz CT molecular complexity index is 696. The molecule has 1 atom stereocenters. The molecule has 1 aromatic heterocycles. The molecule has 1 aliphatic rings. The van der Waals surface area contributed by atoms with Crippen LogP contribution in [0.15, 0.2) is 18.2 Å². The zero-order valence-electron chi connectivity index (χ0n) is 13.4. The van der Waals surface area contributed by atoms with E-state index in [1.807, 2.05) is 4.90 Å². The Hall–Kier alpha value is -1.76. The number of aromatic nitrogens is 2. The van der Waals surface area contributed by atoms with Crippen molar-refractivity contribution in [3.63, 3.8) is 0 Å². The van der Waals surface area contributed by atoms with Gasteiger partial charge in [-0.3, -0.25) is 0 Å². The Morgan fingerprint density at radius 3 is 2.74 bits per heavy atom. The highest BCUT2D eigenvalue weighted by molar-refractivity contribution is 7.09. The van der Waals surface area contributed by atoms with Crippen molar-refractivity contribution < 1.29 is 8.78 Å². The molecular weight excluding hydrogens is 318 g/mol. The van der Waals surface area contributed by atoms with E-state index in [2.05, 4.69) is 35.4 Å². The van der Waals surface area contributed by atoms with Gasteiger partial charge in [-0.2, -0.15) is 4.37 Å². The van der Waals surface area contributed by atoms with Gasteiger partial charge in [0.15, 0.2) is 0 Å². The van der Waals surface area contributed by atoms with Crippen molar-refractivity contribution in [1.82, 2.24) is 9.36 Å². The van der Waals surface area contributed by atoms with Crippen molar-refractivity contribution in [1.29, 1.82) is 0 Å². The zero-order valence-corrected chi connectivity index (χ0v) is 14.3. The van der Waals surface area contributed by atoms with E-state index in [1.165, 1.54) is 23.7 Å². The molecule has 0 spiro atoms. The van der Waals surface area contributed by atoms with Crippen LogP contribution in [0.5, 0.6) is 0 Å². The fraction of sp³-hybridized carbons (Fsp3) is 0.500. The lowest BCUT2D eigenvalue weighted by molar-refractivity contribution is 0.555. The largest absolute Gasteiger partial charge is 0.367 e. The molecule has 1 saturated heterocycles. The number of nitrogens with zero attached hydrogens (tertiary/aromatic N) is 3. The summed E-state index contributed by atoms with van der Waals surface area (Å²) in [5.74, 6) is -0.246. The first-order valence-corrected chi connectivity index (χ1v) is 8.41. The predicted octanol–water partition coefficient (Wildman–Crippen LogP) is 3.80. The van der Waals surface area contributed by atoms with Crippen LogP contribution in [-0.4, -0.2) is 28.5 Å². The fourth-order valence-electron chi connectivity index (χ4n) is 2.60. The number of rotatable bonds is 3. The Kier molecular flexibility index (Phi) is 4.23.